The molecule has 0 atom stereocenters. The fourth-order valence-corrected chi connectivity index (χ4v) is 2.49. The lowest BCUT2D eigenvalue weighted by atomic mass is 10.2. The van der Waals surface area contributed by atoms with Crippen molar-refractivity contribution < 1.29 is 24.2 Å². The molecule has 126 valence electrons. The Balaban J connectivity index is 1.88. The summed E-state index contributed by atoms with van der Waals surface area (Å²) in [5.41, 5.74) is 1.26. The SMILES string of the molecule is Cc1ccc(OC2=C(Cl)C(=O)N(c3ccc(C(=O)O)cc3)C2=O)cc1. The zero-order valence-electron chi connectivity index (χ0n) is 13.0. The Morgan fingerprint density at radius 3 is 2.16 bits per heavy atom. The Bertz CT molecular complexity index is 900. The molecule has 6 nitrogen and oxygen atoms in total. The van der Waals surface area contributed by atoms with Crippen LogP contribution < -0.4 is 9.64 Å². The van der Waals surface area contributed by atoms with Crippen LogP contribution in [0, 0.1) is 6.92 Å². The van der Waals surface area contributed by atoms with E-state index in [1.165, 1.54) is 24.3 Å². The quantitative estimate of drug-likeness (QED) is 0.850. The van der Waals surface area contributed by atoms with Crippen LogP contribution in [0.3, 0.4) is 0 Å². The Labute approximate surface area is 147 Å². The van der Waals surface area contributed by atoms with Gasteiger partial charge in [0.1, 0.15) is 5.75 Å². The van der Waals surface area contributed by atoms with Crippen LogP contribution in [0.5, 0.6) is 5.75 Å². The minimum Gasteiger partial charge on any atom is -0.478 e. The van der Waals surface area contributed by atoms with Crippen LogP contribution in [0.1, 0.15) is 15.9 Å². The average molecular weight is 358 g/mol. The van der Waals surface area contributed by atoms with Crippen molar-refractivity contribution >= 4 is 35.1 Å². The maximum absolute atomic E-state index is 12.5. The predicted molar refractivity (Wildman–Crippen MR) is 90.6 cm³/mol. The van der Waals surface area contributed by atoms with Crippen LogP contribution in [0.15, 0.2) is 59.3 Å². The van der Waals surface area contributed by atoms with Crippen molar-refractivity contribution in [2.45, 2.75) is 6.92 Å². The smallest absolute Gasteiger partial charge is 0.335 e. The molecule has 2 aromatic rings. The molecule has 1 aliphatic heterocycles. The van der Waals surface area contributed by atoms with Gasteiger partial charge in [-0.15, -0.1) is 0 Å². The molecule has 0 saturated heterocycles. The lowest BCUT2D eigenvalue weighted by Gasteiger charge is -2.14. The summed E-state index contributed by atoms with van der Waals surface area (Å²) < 4.78 is 5.48. The summed E-state index contributed by atoms with van der Waals surface area (Å²) >= 11 is 5.98. The van der Waals surface area contributed by atoms with E-state index in [1.54, 1.807) is 24.3 Å². The van der Waals surface area contributed by atoms with Crippen molar-refractivity contribution in [3.63, 3.8) is 0 Å². The lowest BCUT2D eigenvalue weighted by Crippen LogP contribution is -2.32. The lowest BCUT2D eigenvalue weighted by molar-refractivity contribution is -0.121. The number of carbonyl (C=O) groups excluding carboxylic acids is 2. The van der Waals surface area contributed by atoms with Crippen molar-refractivity contribution in [2.24, 2.45) is 0 Å². The van der Waals surface area contributed by atoms with E-state index < -0.39 is 17.8 Å². The van der Waals surface area contributed by atoms with Crippen molar-refractivity contribution in [2.75, 3.05) is 4.90 Å². The fraction of sp³-hybridized carbons (Fsp3) is 0.0556. The minimum absolute atomic E-state index is 0.0398. The number of anilines is 1. The van der Waals surface area contributed by atoms with Gasteiger partial charge in [-0.25, -0.2) is 9.69 Å². The third-order valence-electron chi connectivity index (χ3n) is 3.60. The molecule has 0 radical (unpaired) electrons. The molecule has 0 unspecified atom stereocenters. The van der Waals surface area contributed by atoms with E-state index in [4.69, 9.17) is 21.4 Å². The number of benzene rings is 2. The minimum atomic E-state index is -1.11. The van der Waals surface area contributed by atoms with Crippen LogP contribution in [0.4, 0.5) is 5.69 Å². The van der Waals surface area contributed by atoms with Crippen LogP contribution in [-0.4, -0.2) is 22.9 Å². The number of nitrogens with zero attached hydrogens (tertiary/aromatic N) is 1. The standard InChI is InChI=1S/C18H12ClNO5/c1-10-2-8-13(9-3-10)25-15-14(19)16(21)20(17(15)22)12-6-4-11(5-7-12)18(23)24/h2-9H,1H3,(H,23,24). The number of amides is 2. The Kier molecular flexibility index (Phi) is 4.29. The molecular weight excluding hydrogens is 346 g/mol. The molecule has 1 N–H and O–H groups in total. The highest BCUT2D eigenvalue weighted by Gasteiger charge is 2.40. The molecule has 0 bridgehead atoms. The summed E-state index contributed by atoms with van der Waals surface area (Å²) in [5, 5.41) is 8.59. The largest absolute Gasteiger partial charge is 0.478 e. The number of rotatable bonds is 4. The van der Waals surface area contributed by atoms with E-state index in [9.17, 15) is 14.4 Å². The number of ether oxygens (including phenoxy) is 1. The summed E-state index contributed by atoms with van der Waals surface area (Å²) in [5.74, 6) is -2.43. The maximum Gasteiger partial charge on any atom is 0.335 e. The number of carbonyl (C=O) groups is 3. The number of carboxylic acid groups (broad SMARTS) is 1. The predicted octanol–water partition coefficient (Wildman–Crippen LogP) is 3.10. The topological polar surface area (TPSA) is 83.9 Å². The third-order valence-corrected chi connectivity index (χ3v) is 3.93. The highest BCUT2D eigenvalue weighted by Crippen LogP contribution is 2.31. The number of imide groups is 1. The number of carboxylic acids is 1. The van der Waals surface area contributed by atoms with Gasteiger partial charge in [0.05, 0.1) is 11.3 Å². The summed E-state index contributed by atoms with van der Waals surface area (Å²) in [7, 11) is 0. The normalized spacial score (nSPS) is 14.2. The van der Waals surface area contributed by atoms with Gasteiger partial charge in [-0.1, -0.05) is 29.3 Å². The molecule has 0 aromatic heterocycles. The molecule has 1 aliphatic rings. The molecule has 0 fully saturated rings. The van der Waals surface area contributed by atoms with Crippen LogP contribution in [-0.2, 0) is 9.59 Å². The maximum atomic E-state index is 12.5. The van der Waals surface area contributed by atoms with Crippen molar-refractivity contribution in [3.8, 4) is 5.75 Å². The second-order valence-corrected chi connectivity index (χ2v) is 5.73. The molecule has 0 aliphatic carbocycles. The van der Waals surface area contributed by atoms with Gasteiger partial charge >= 0.3 is 11.9 Å². The number of aryl methyl sites for hydroxylation is 1. The molecule has 0 spiro atoms. The van der Waals surface area contributed by atoms with Gasteiger partial charge in [-0.3, -0.25) is 9.59 Å². The molecule has 2 aromatic carbocycles. The second-order valence-electron chi connectivity index (χ2n) is 5.36. The first-order valence-electron chi connectivity index (χ1n) is 7.25. The van der Waals surface area contributed by atoms with Gasteiger partial charge in [0, 0.05) is 0 Å². The van der Waals surface area contributed by atoms with E-state index in [1.807, 2.05) is 6.92 Å². The average Bonchev–Trinajstić information content (AvgIpc) is 2.80. The third kappa shape index (κ3) is 3.12. The van der Waals surface area contributed by atoms with E-state index >= 15 is 0 Å². The van der Waals surface area contributed by atoms with Crippen molar-refractivity contribution in [1.82, 2.24) is 0 Å². The fourth-order valence-electron chi connectivity index (χ4n) is 2.28. The van der Waals surface area contributed by atoms with Crippen LogP contribution >= 0.6 is 11.6 Å². The van der Waals surface area contributed by atoms with E-state index in [2.05, 4.69) is 0 Å². The second kappa shape index (κ2) is 6.41. The van der Waals surface area contributed by atoms with Gasteiger partial charge in [-0.2, -0.15) is 0 Å². The first-order chi connectivity index (χ1) is 11.9. The van der Waals surface area contributed by atoms with E-state index in [-0.39, 0.29) is 22.0 Å². The number of halogens is 1. The number of aromatic carboxylic acids is 1. The Morgan fingerprint density at radius 1 is 1.00 bits per heavy atom. The van der Waals surface area contributed by atoms with Crippen molar-refractivity contribution in [3.05, 3.63) is 70.4 Å². The van der Waals surface area contributed by atoms with Crippen LogP contribution in [0.2, 0.25) is 0 Å². The highest BCUT2D eigenvalue weighted by molar-refractivity contribution is 6.52. The monoisotopic (exact) mass is 357 g/mol. The van der Waals surface area contributed by atoms with Gasteiger partial charge in [0.2, 0.25) is 5.76 Å². The number of hydrogen-bond acceptors (Lipinski definition) is 4. The molecule has 25 heavy (non-hydrogen) atoms. The van der Waals surface area contributed by atoms with Gasteiger partial charge in [-0.05, 0) is 43.3 Å². The zero-order valence-corrected chi connectivity index (χ0v) is 13.8. The molecular formula is C18H12ClNO5. The molecule has 1 heterocycles. The Morgan fingerprint density at radius 2 is 1.60 bits per heavy atom. The summed E-state index contributed by atoms with van der Waals surface area (Å²) in [6.07, 6.45) is 0. The van der Waals surface area contributed by atoms with E-state index in [0.29, 0.717) is 5.75 Å². The van der Waals surface area contributed by atoms with E-state index in [0.717, 1.165) is 10.5 Å². The molecule has 0 saturated carbocycles. The zero-order chi connectivity index (χ0) is 18.1. The van der Waals surface area contributed by atoms with Crippen LogP contribution in [0.25, 0.3) is 0 Å². The first-order valence-corrected chi connectivity index (χ1v) is 7.62. The van der Waals surface area contributed by atoms with Gasteiger partial charge in [0.15, 0.2) is 5.03 Å². The summed E-state index contributed by atoms with van der Waals surface area (Å²) in [6.45, 7) is 1.91. The summed E-state index contributed by atoms with van der Waals surface area (Å²) in [6, 6.07) is 12.2. The summed E-state index contributed by atoms with van der Waals surface area (Å²) in [4.78, 5) is 36.6. The first kappa shape index (κ1) is 16.7. The molecule has 2 amide bonds. The molecule has 3 rings (SSSR count). The Hall–Kier alpha value is -3.12. The van der Waals surface area contributed by atoms with Gasteiger partial charge in [0.25, 0.3) is 5.91 Å². The highest BCUT2D eigenvalue weighted by atomic mass is 35.5. The van der Waals surface area contributed by atoms with Gasteiger partial charge < -0.3 is 9.84 Å². The molecule has 7 heteroatoms. The van der Waals surface area contributed by atoms with Crippen molar-refractivity contribution in [1.29, 1.82) is 0 Å². The number of hydrogen-bond donors (Lipinski definition) is 1.